The number of rotatable bonds is 3. The zero-order valence-electron chi connectivity index (χ0n) is 8.93. The van der Waals surface area contributed by atoms with Crippen molar-refractivity contribution in [2.75, 3.05) is 0 Å². The maximum absolute atomic E-state index is 13.4. The van der Waals surface area contributed by atoms with Crippen LogP contribution in [0.3, 0.4) is 0 Å². The molecule has 18 heavy (non-hydrogen) atoms. The van der Waals surface area contributed by atoms with E-state index in [4.69, 9.17) is 5.11 Å². The maximum atomic E-state index is 13.4. The van der Waals surface area contributed by atoms with Gasteiger partial charge in [0.2, 0.25) is 0 Å². The Kier molecular flexibility index (Phi) is 3.57. The fourth-order valence-corrected chi connectivity index (χ4v) is 2.09. The van der Waals surface area contributed by atoms with Crippen molar-refractivity contribution >= 4 is 17.7 Å². The molecule has 0 spiro atoms. The van der Waals surface area contributed by atoms with Crippen LogP contribution in [0.1, 0.15) is 10.4 Å². The molecule has 0 fully saturated rings. The van der Waals surface area contributed by atoms with E-state index in [2.05, 4.69) is 4.98 Å². The van der Waals surface area contributed by atoms with Crippen molar-refractivity contribution in [3.63, 3.8) is 0 Å². The quantitative estimate of drug-likeness (QED) is 0.927. The number of pyridine rings is 1. The minimum absolute atomic E-state index is 0.0648. The van der Waals surface area contributed by atoms with E-state index in [-0.39, 0.29) is 10.5 Å². The monoisotopic (exact) mass is 267 g/mol. The van der Waals surface area contributed by atoms with Crippen LogP contribution in [-0.2, 0) is 0 Å². The highest BCUT2D eigenvalue weighted by molar-refractivity contribution is 7.99. The number of nitrogens with zero attached hydrogens (tertiary/aromatic N) is 1. The highest BCUT2D eigenvalue weighted by Gasteiger charge is 2.09. The van der Waals surface area contributed by atoms with Gasteiger partial charge in [0.25, 0.3) is 0 Å². The first-order chi connectivity index (χ1) is 8.56. The van der Waals surface area contributed by atoms with Crippen molar-refractivity contribution in [1.29, 1.82) is 0 Å². The number of carboxylic acids is 1. The number of halogens is 2. The van der Waals surface area contributed by atoms with E-state index < -0.39 is 17.6 Å². The van der Waals surface area contributed by atoms with Crippen LogP contribution >= 0.6 is 11.8 Å². The Labute approximate surface area is 105 Å². The van der Waals surface area contributed by atoms with Crippen LogP contribution in [0, 0.1) is 11.6 Å². The van der Waals surface area contributed by atoms with Gasteiger partial charge in [0.05, 0.1) is 5.56 Å². The Hall–Kier alpha value is -1.95. The maximum Gasteiger partial charge on any atom is 0.335 e. The van der Waals surface area contributed by atoms with E-state index in [1.165, 1.54) is 24.4 Å². The summed E-state index contributed by atoms with van der Waals surface area (Å²) < 4.78 is 26.1. The van der Waals surface area contributed by atoms with Crippen molar-refractivity contribution in [3.8, 4) is 0 Å². The number of benzene rings is 1. The number of carbonyl (C=O) groups is 1. The topological polar surface area (TPSA) is 50.2 Å². The lowest BCUT2D eigenvalue weighted by molar-refractivity contribution is 0.0696. The third kappa shape index (κ3) is 2.84. The highest BCUT2D eigenvalue weighted by atomic mass is 32.2. The standard InChI is InChI=1S/C12H7F2NO2S/c13-8-1-2-10(9(14)6-8)18-11-5-7(12(16)17)3-4-15-11/h1-6H,(H,16,17). The molecule has 3 nitrogen and oxygen atoms in total. The molecular weight excluding hydrogens is 260 g/mol. The van der Waals surface area contributed by atoms with E-state index in [1.54, 1.807) is 0 Å². The van der Waals surface area contributed by atoms with Crippen LogP contribution in [0.15, 0.2) is 46.5 Å². The normalized spacial score (nSPS) is 10.3. The first-order valence-electron chi connectivity index (χ1n) is 4.88. The molecule has 0 radical (unpaired) electrons. The van der Waals surface area contributed by atoms with Crippen LogP contribution < -0.4 is 0 Å². The zero-order valence-corrected chi connectivity index (χ0v) is 9.75. The number of carboxylic acid groups (broad SMARTS) is 1. The van der Waals surface area contributed by atoms with E-state index in [1.807, 2.05) is 0 Å². The molecule has 0 saturated carbocycles. The molecule has 0 amide bonds. The van der Waals surface area contributed by atoms with Crippen LogP contribution in [0.5, 0.6) is 0 Å². The van der Waals surface area contributed by atoms with Crippen molar-refractivity contribution in [3.05, 3.63) is 53.7 Å². The van der Waals surface area contributed by atoms with E-state index in [9.17, 15) is 13.6 Å². The largest absolute Gasteiger partial charge is 0.478 e. The van der Waals surface area contributed by atoms with Crippen LogP contribution in [-0.4, -0.2) is 16.1 Å². The Morgan fingerprint density at radius 1 is 1.22 bits per heavy atom. The van der Waals surface area contributed by atoms with Crippen molar-refractivity contribution in [2.24, 2.45) is 0 Å². The molecule has 0 unspecified atom stereocenters. The van der Waals surface area contributed by atoms with Crippen LogP contribution in [0.25, 0.3) is 0 Å². The van der Waals surface area contributed by atoms with Gasteiger partial charge in [0.1, 0.15) is 16.7 Å². The van der Waals surface area contributed by atoms with Gasteiger partial charge < -0.3 is 5.11 Å². The molecule has 0 aliphatic carbocycles. The molecule has 2 rings (SSSR count). The second-order valence-corrected chi connectivity index (χ2v) is 4.43. The minimum atomic E-state index is -1.08. The molecule has 0 saturated heterocycles. The molecule has 1 heterocycles. The molecule has 0 aliphatic heterocycles. The van der Waals surface area contributed by atoms with Gasteiger partial charge in [-0.05, 0) is 24.3 Å². The Balaban J connectivity index is 2.28. The molecule has 1 aromatic carbocycles. The molecule has 92 valence electrons. The summed E-state index contributed by atoms with van der Waals surface area (Å²) in [5.41, 5.74) is 0.0648. The minimum Gasteiger partial charge on any atom is -0.478 e. The third-order valence-electron chi connectivity index (χ3n) is 2.09. The number of aromatic nitrogens is 1. The lowest BCUT2D eigenvalue weighted by atomic mass is 10.3. The first kappa shape index (κ1) is 12.5. The number of aromatic carboxylic acids is 1. The van der Waals surface area contributed by atoms with Crippen LogP contribution in [0.4, 0.5) is 8.78 Å². The third-order valence-corrected chi connectivity index (χ3v) is 3.07. The van der Waals surface area contributed by atoms with Gasteiger partial charge >= 0.3 is 5.97 Å². The summed E-state index contributed by atoms with van der Waals surface area (Å²) in [6.07, 6.45) is 1.33. The van der Waals surface area contributed by atoms with Gasteiger partial charge in [-0.15, -0.1) is 0 Å². The smallest absolute Gasteiger partial charge is 0.335 e. The van der Waals surface area contributed by atoms with E-state index in [0.29, 0.717) is 5.03 Å². The lowest BCUT2D eigenvalue weighted by Gasteiger charge is -2.03. The highest BCUT2D eigenvalue weighted by Crippen LogP contribution is 2.29. The molecule has 1 aromatic heterocycles. The molecular formula is C12H7F2NO2S. The molecule has 6 heteroatoms. The van der Waals surface area contributed by atoms with Crippen molar-refractivity contribution in [2.45, 2.75) is 9.92 Å². The summed E-state index contributed by atoms with van der Waals surface area (Å²) in [4.78, 5) is 14.9. The van der Waals surface area contributed by atoms with Gasteiger partial charge in [-0.3, -0.25) is 0 Å². The Morgan fingerprint density at radius 2 is 2.00 bits per heavy atom. The average Bonchev–Trinajstić information content (AvgIpc) is 2.33. The fourth-order valence-electron chi connectivity index (χ4n) is 1.27. The summed E-state index contributed by atoms with van der Waals surface area (Å²) >= 11 is 0.938. The van der Waals surface area contributed by atoms with Gasteiger partial charge in [0.15, 0.2) is 0 Å². The summed E-state index contributed by atoms with van der Waals surface area (Å²) in [5.74, 6) is -2.45. The second kappa shape index (κ2) is 5.14. The average molecular weight is 267 g/mol. The van der Waals surface area contributed by atoms with Crippen LogP contribution in [0.2, 0.25) is 0 Å². The van der Waals surface area contributed by atoms with E-state index >= 15 is 0 Å². The summed E-state index contributed by atoms with van der Waals surface area (Å²) in [7, 11) is 0. The lowest BCUT2D eigenvalue weighted by Crippen LogP contribution is -1.96. The zero-order chi connectivity index (χ0) is 13.1. The molecule has 0 aliphatic rings. The van der Waals surface area contributed by atoms with Gasteiger partial charge in [-0.25, -0.2) is 18.6 Å². The molecule has 0 atom stereocenters. The van der Waals surface area contributed by atoms with Gasteiger partial charge in [-0.1, -0.05) is 11.8 Å². The Morgan fingerprint density at radius 3 is 2.67 bits per heavy atom. The SMILES string of the molecule is O=C(O)c1ccnc(Sc2ccc(F)cc2F)c1. The Bertz CT molecular complexity index is 604. The molecule has 0 bridgehead atoms. The number of hydrogen-bond acceptors (Lipinski definition) is 3. The fraction of sp³-hybridized carbons (Fsp3) is 0. The second-order valence-electron chi connectivity index (χ2n) is 3.36. The van der Waals surface area contributed by atoms with Gasteiger partial charge in [-0.2, -0.15) is 0 Å². The van der Waals surface area contributed by atoms with Gasteiger partial charge in [0, 0.05) is 17.2 Å². The first-order valence-corrected chi connectivity index (χ1v) is 5.70. The summed E-state index contributed by atoms with van der Waals surface area (Å²) in [6.45, 7) is 0. The number of hydrogen-bond donors (Lipinski definition) is 1. The van der Waals surface area contributed by atoms with Crippen molar-refractivity contribution in [1.82, 2.24) is 4.98 Å². The predicted octanol–water partition coefficient (Wildman–Crippen LogP) is 3.21. The van der Waals surface area contributed by atoms with E-state index in [0.717, 1.165) is 23.9 Å². The predicted molar refractivity (Wildman–Crippen MR) is 61.7 cm³/mol. The summed E-state index contributed by atoms with van der Waals surface area (Å²) in [6, 6.07) is 5.85. The molecule has 1 N–H and O–H groups in total. The molecule has 2 aromatic rings. The van der Waals surface area contributed by atoms with Crippen molar-refractivity contribution < 1.29 is 18.7 Å². The summed E-state index contributed by atoms with van der Waals surface area (Å²) in [5, 5.41) is 9.14.